The van der Waals surface area contributed by atoms with Gasteiger partial charge in [0.1, 0.15) is 28.6 Å². The second kappa shape index (κ2) is 10.2. The summed E-state index contributed by atoms with van der Waals surface area (Å²) in [7, 11) is -1.20. The second-order valence-electron chi connectivity index (χ2n) is 8.05. The Morgan fingerprint density at radius 2 is 1.77 bits per heavy atom. The molecule has 0 saturated carbocycles. The van der Waals surface area contributed by atoms with Gasteiger partial charge in [-0.2, -0.15) is 0 Å². The molecule has 11 nitrogen and oxygen atoms in total. The van der Waals surface area contributed by atoms with E-state index in [1.54, 1.807) is 30.3 Å². The minimum atomic E-state index is -4.01. The maximum Gasteiger partial charge on any atom is 0.412 e. The summed E-state index contributed by atoms with van der Waals surface area (Å²) in [6.45, 7) is 1.50. The van der Waals surface area contributed by atoms with Gasteiger partial charge in [0.15, 0.2) is 11.9 Å². The molecule has 2 saturated heterocycles. The third-order valence-corrected chi connectivity index (χ3v) is 7.26. The topological polar surface area (TPSA) is 138 Å². The molecule has 0 radical (unpaired) electrons. The number of sulfonamides is 1. The number of carbonyl (C=O) groups is 2. The van der Waals surface area contributed by atoms with Gasteiger partial charge in [0.05, 0.1) is 33.5 Å². The Morgan fingerprint density at radius 3 is 2.49 bits per heavy atom. The lowest BCUT2D eigenvalue weighted by Crippen LogP contribution is -2.44. The summed E-state index contributed by atoms with van der Waals surface area (Å²) >= 11 is 0. The first-order chi connectivity index (χ1) is 16.7. The van der Waals surface area contributed by atoms with Crippen LogP contribution >= 0.6 is 0 Å². The average molecular weight is 507 g/mol. The van der Waals surface area contributed by atoms with Gasteiger partial charge in [0, 0.05) is 17.3 Å². The van der Waals surface area contributed by atoms with E-state index in [4.69, 9.17) is 23.7 Å². The van der Waals surface area contributed by atoms with E-state index < -0.39 is 40.5 Å². The molecule has 188 valence electrons. The molecule has 2 aliphatic heterocycles. The fourth-order valence-electron chi connectivity index (χ4n) is 4.02. The van der Waals surface area contributed by atoms with Gasteiger partial charge in [0.2, 0.25) is 10.0 Å². The van der Waals surface area contributed by atoms with Crippen LogP contribution in [0.25, 0.3) is 0 Å². The standard InChI is InChI=1S/C23H26N2O9S/c1-13(26)14-5-4-6-15(9-14)24-23(27)34-19-12-33-21-17(11-32-22(19)21)25-35(28,29)20-10-16(30-2)7-8-18(20)31-3/h4-10,17,19,21-22,25H,11-12H2,1-3H3,(H,24,27). The first kappa shape index (κ1) is 24.9. The van der Waals surface area contributed by atoms with Gasteiger partial charge < -0.3 is 23.7 Å². The highest BCUT2D eigenvalue weighted by Crippen LogP contribution is 2.32. The van der Waals surface area contributed by atoms with Crippen molar-refractivity contribution in [2.45, 2.75) is 36.2 Å². The lowest BCUT2D eigenvalue weighted by molar-refractivity contribution is 0.00883. The molecule has 2 aromatic rings. The number of carbonyl (C=O) groups excluding carboxylic acids is 2. The van der Waals surface area contributed by atoms with E-state index in [0.29, 0.717) is 17.0 Å². The van der Waals surface area contributed by atoms with Crippen molar-refractivity contribution in [2.75, 3.05) is 32.8 Å². The molecule has 12 heteroatoms. The van der Waals surface area contributed by atoms with Crippen molar-refractivity contribution in [3.05, 3.63) is 48.0 Å². The zero-order valence-electron chi connectivity index (χ0n) is 19.3. The summed E-state index contributed by atoms with van der Waals surface area (Å²) in [6, 6.07) is 10.2. The van der Waals surface area contributed by atoms with Crippen LogP contribution in [0.3, 0.4) is 0 Å². The molecule has 4 atom stereocenters. The van der Waals surface area contributed by atoms with Crippen molar-refractivity contribution in [3.63, 3.8) is 0 Å². The summed E-state index contributed by atoms with van der Waals surface area (Å²) < 4.78 is 56.0. The maximum absolute atomic E-state index is 13.1. The third-order valence-electron chi connectivity index (χ3n) is 5.75. The third kappa shape index (κ3) is 5.40. The Bertz CT molecular complexity index is 1220. The molecule has 35 heavy (non-hydrogen) atoms. The van der Waals surface area contributed by atoms with E-state index in [-0.39, 0.29) is 29.6 Å². The highest BCUT2D eigenvalue weighted by Gasteiger charge is 2.50. The molecule has 0 aliphatic carbocycles. The van der Waals surface area contributed by atoms with E-state index in [1.807, 2.05) is 0 Å². The van der Waals surface area contributed by atoms with Crippen LogP contribution in [0.1, 0.15) is 17.3 Å². The van der Waals surface area contributed by atoms with Crippen LogP contribution in [0.4, 0.5) is 10.5 Å². The number of hydrogen-bond donors (Lipinski definition) is 2. The number of anilines is 1. The zero-order valence-corrected chi connectivity index (χ0v) is 20.2. The number of methoxy groups -OCH3 is 2. The van der Waals surface area contributed by atoms with Gasteiger partial charge >= 0.3 is 6.09 Å². The number of Topliss-reactive ketones (excluding diaryl/α,β-unsaturated/α-hetero) is 1. The molecule has 2 aromatic carbocycles. The Balaban J connectivity index is 1.40. The molecule has 4 rings (SSSR count). The van der Waals surface area contributed by atoms with E-state index >= 15 is 0 Å². The van der Waals surface area contributed by atoms with Crippen molar-refractivity contribution >= 4 is 27.6 Å². The fraction of sp³-hybridized carbons (Fsp3) is 0.391. The summed E-state index contributed by atoms with van der Waals surface area (Å²) in [5, 5.41) is 2.58. The van der Waals surface area contributed by atoms with Crippen molar-refractivity contribution in [1.29, 1.82) is 0 Å². The summed E-state index contributed by atoms with van der Waals surface area (Å²) in [6.07, 6.45) is -2.78. The van der Waals surface area contributed by atoms with E-state index in [1.165, 1.54) is 33.3 Å². The number of amides is 1. The molecule has 0 bridgehead atoms. The molecule has 2 fully saturated rings. The van der Waals surface area contributed by atoms with Crippen LogP contribution < -0.4 is 19.5 Å². The normalized spacial score (nSPS) is 23.4. The molecular formula is C23H26N2O9S. The number of hydrogen-bond acceptors (Lipinski definition) is 9. The highest BCUT2D eigenvalue weighted by molar-refractivity contribution is 7.89. The van der Waals surface area contributed by atoms with Gasteiger partial charge in [-0.25, -0.2) is 17.9 Å². The number of rotatable bonds is 8. The first-order valence-corrected chi connectivity index (χ1v) is 12.3. The first-order valence-electron chi connectivity index (χ1n) is 10.8. The molecule has 4 unspecified atom stereocenters. The predicted molar refractivity (Wildman–Crippen MR) is 123 cm³/mol. The fourth-order valence-corrected chi connectivity index (χ4v) is 5.44. The Kier molecular flexibility index (Phi) is 7.26. The smallest absolute Gasteiger partial charge is 0.412 e. The number of ether oxygens (including phenoxy) is 5. The summed E-state index contributed by atoms with van der Waals surface area (Å²) in [4.78, 5) is 23.9. The average Bonchev–Trinajstić information content (AvgIpc) is 3.41. The SMILES string of the molecule is COc1ccc(OC)c(S(=O)(=O)NC2COC3C(OC(=O)Nc4cccc(C(C)=O)c4)COC23)c1. The molecule has 0 aromatic heterocycles. The van der Waals surface area contributed by atoms with Crippen molar-refractivity contribution in [1.82, 2.24) is 4.72 Å². The predicted octanol–water partition coefficient (Wildman–Crippen LogP) is 1.97. The monoisotopic (exact) mass is 506 g/mol. The van der Waals surface area contributed by atoms with Crippen LogP contribution in [0.5, 0.6) is 11.5 Å². The molecular weight excluding hydrogens is 480 g/mol. The zero-order chi connectivity index (χ0) is 25.2. The van der Waals surface area contributed by atoms with Crippen LogP contribution in [0, 0.1) is 0 Å². The maximum atomic E-state index is 13.1. The van der Waals surface area contributed by atoms with Gasteiger partial charge in [0.25, 0.3) is 0 Å². The van der Waals surface area contributed by atoms with E-state index in [2.05, 4.69) is 10.0 Å². The number of ketones is 1. The van der Waals surface area contributed by atoms with Crippen LogP contribution in [0.2, 0.25) is 0 Å². The van der Waals surface area contributed by atoms with Crippen molar-refractivity contribution in [3.8, 4) is 11.5 Å². The van der Waals surface area contributed by atoms with Gasteiger partial charge in [-0.15, -0.1) is 0 Å². The summed E-state index contributed by atoms with van der Waals surface area (Å²) in [5.41, 5.74) is 0.859. The Hall–Kier alpha value is -3.19. The number of fused-ring (bicyclic) bond motifs is 1. The Labute approximate surface area is 202 Å². The van der Waals surface area contributed by atoms with Gasteiger partial charge in [-0.1, -0.05) is 12.1 Å². The van der Waals surface area contributed by atoms with E-state index in [0.717, 1.165) is 0 Å². The molecule has 2 N–H and O–H groups in total. The van der Waals surface area contributed by atoms with Crippen LogP contribution in [-0.4, -0.2) is 72.1 Å². The molecule has 2 aliphatic rings. The lowest BCUT2D eigenvalue weighted by atomic mass is 10.1. The number of nitrogens with one attached hydrogen (secondary N) is 2. The van der Waals surface area contributed by atoms with Gasteiger partial charge in [-0.05, 0) is 31.2 Å². The minimum Gasteiger partial charge on any atom is -0.497 e. The number of benzene rings is 2. The highest BCUT2D eigenvalue weighted by atomic mass is 32.2. The lowest BCUT2D eigenvalue weighted by Gasteiger charge is -2.19. The molecule has 1 amide bonds. The summed E-state index contributed by atoms with van der Waals surface area (Å²) in [5.74, 6) is 0.387. The molecule has 2 heterocycles. The van der Waals surface area contributed by atoms with Crippen LogP contribution in [0.15, 0.2) is 47.4 Å². The van der Waals surface area contributed by atoms with Crippen molar-refractivity contribution in [2.24, 2.45) is 0 Å². The minimum absolute atomic E-state index is 0.0307. The second-order valence-corrected chi connectivity index (χ2v) is 9.73. The largest absolute Gasteiger partial charge is 0.497 e. The quantitative estimate of drug-likeness (QED) is 0.515. The van der Waals surface area contributed by atoms with Crippen LogP contribution in [-0.2, 0) is 24.2 Å². The molecule has 0 spiro atoms. The van der Waals surface area contributed by atoms with Gasteiger partial charge in [-0.3, -0.25) is 10.1 Å². The van der Waals surface area contributed by atoms with E-state index in [9.17, 15) is 18.0 Å². The Morgan fingerprint density at radius 1 is 1.00 bits per heavy atom. The van der Waals surface area contributed by atoms with Crippen molar-refractivity contribution < 1.29 is 41.7 Å².